The van der Waals surface area contributed by atoms with Crippen molar-refractivity contribution in [2.45, 2.75) is 77.4 Å². The van der Waals surface area contributed by atoms with E-state index in [1.54, 1.807) is 0 Å². The first-order valence-electron chi connectivity index (χ1n) is 8.49. The first-order valence-corrected chi connectivity index (χ1v) is 8.49. The van der Waals surface area contributed by atoms with Gasteiger partial charge >= 0.3 is 5.97 Å². The highest BCUT2D eigenvalue weighted by Crippen LogP contribution is 2.38. The lowest BCUT2D eigenvalue weighted by atomic mass is 9.78. The van der Waals surface area contributed by atoms with Gasteiger partial charge in [0.25, 0.3) is 0 Å². The van der Waals surface area contributed by atoms with Crippen molar-refractivity contribution < 1.29 is 14.6 Å². The van der Waals surface area contributed by atoms with Gasteiger partial charge in [-0.2, -0.15) is 0 Å². The van der Waals surface area contributed by atoms with Gasteiger partial charge in [0.05, 0.1) is 18.1 Å². The second-order valence-electron chi connectivity index (χ2n) is 7.56. The Morgan fingerprint density at radius 1 is 1.24 bits per heavy atom. The summed E-state index contributed by atoms with van der Waals surface area (Å²) in [4.78, 5) is 11.7. The van der Waals surface area contributed by atoms with Crippen LogP contribution in [-0.2, 0) is 9.53 Å². The molecule has 2 aliphatic rings. The van der Waals surface area contributed by atoms with Gasteiger partial charge in [0.2, 0.25) is 0 Å². The van der Waals surface area contributed by atoms with E-state index in [1.165, 1.54) is 19.3 Å². The van der Waals surface area contributed by atoms with Crippen molar-refractivity contribution in [1.29, 1.82) is 0 Å². The number of hydrogen-bond acceptors (Lipinski definition) is 4. The number of aliphatic hydroxyl groups is 1. The third-order valence-electron chi connectivity index (χ3n) is 5.47. The number of esters is 1. The molecule has 0 aromatic rings. The lowest BCUT2D eigenvalue weighted by Gasteiger charge is -2.38. The molecule has 0 aliphatic heterocycles. The second-order valence-corrected chi connectivity index (χ2v) is 7.56. The highest BCUT2D eigenvalue weighted by atomic mass is 16.5. The zero-order chi connectivity index (χ0) is 15.5. The van der Waals surface area contributed by atoms with Gasteiger partial charge in [0, 0.05) is 12.6 Å². The van der Waals surface area contributed by atoms with Crippen LogP contribution in [0, 0.1) is 11.3 Å². The second kappa shape index (κ2) is 6.66. The van der Waals surface area contributed by atoms with Gasteiger partial charge in [-0.15, -0.1) is 0 Å². The van der Waals surface area contributed by atoms with Crippen molar-refractivity contribution in [1.82, 2.24) is 5.32 Å². The number of carbonyl (C=O) groups excluding carboxylic acids is 1. The molecular weight excluding hydrogens is 266 g/mol. The standard InChI is InChI=1S/C17H31NO3/c1-4-21-15(19)13-7-10-17(20,11-8-13)12-18-14-6-5-9-16(14,2)3/h13-14,18,20H,4-12H2,1-3H3. The van der Waals surface area contributed by atoms with E-state index >= 15 is 0 Å². The highest BCUT2D eigenvalue weighted by molar-refractivity contribution is 5.72. The van der Waals surface area contributed by atoms with E-state index in [-0.39, 0.29) is 11.9 Å². The summed E-state index contributed by atoms with van der Waals surface area (Å²) in [5, 5.41) is 14.3. The van der Waals surface area contributed by atoms with Gasteiger partial charge < -0.3 is 15.2 Å². The van der Waals surface area contributed by atoms with Crippen molar-refractivity contribution in [3.8, 4) is 0 Å². The summed E-state index contributed by atoms with van der Waals surface area (Å²) in [5.74, 6) is -0.113. The predicted molar refractivity (Wildman–Crippen MR) is 83.0 cm³/mol. The molecule has 2 rings (SSSR count). The molecular formula is C17H31NO3. The first kappa shape index (κ1) is 16.8. The average Bonchev–Trinajstić information content (AvgIpc) is 2.76. The number of nitrogens with one attached hydrogen (secondary N) is 1. The fourth-order valence-electron chi connectivity index (χ4n) is 3.85. The zero-order valence-electron chi connectivity index (χ0n) is 13.8. The number of rotatable bonds is 5. The molecule has 2 saturated carbocycles. The molecule has 21 heavy (non-hydrogen) atoms. The Hall–Kier alpha value is -0.610. The van der Waals surface area contributed by atoms with Gasteiger partial charge in [0.15, 0.2) is 0 Å². The molecule has 4 heteroatoms. The number of ether oxygens (including phenoxy) is 1. The van der Waals surface area contributed by atoms with Gasteiger partial charge in [-0.25, -0.2) is 0 Å². The van der Waals surface area contributed by atoms with Gasteiger partial charge in [-0.1, -0.05) is 20.3 Å². The third kappa shape index (κ3) is 4.19. The maximum Gasteiger partial charge on any atom is 0.308 e. The van der Waals surface area contributed by atoms with E-state index < -0.39 is 5.60 Å². The third-order valence-corrected chi connectivity index (χ3v) is 5.47. The Kier molecular flexibility index (Phi) is 5.31. The molecule has 0 amide bonds. The Labute approximate surface area is 128 Å². The summed E-state index contributed by atoms with van der Waals surface area (Å²) in [6, 6.07) is 0.504. The highest BCUT2D eigenvalue weighted by Gasteiger charge is 2.39. The van der Waals surface area contributed by atoms with E-state index in [9.17, 15) is 9.90 Å². The van der Waals surface area contributed by atoms with Gasteiger partial charge in [-0.05, 0) is 50.9 Å². The molecule has 2 aliphatic carbocycles. The maximum atomic E-state index is 11.7. The summed E-state index contributed by atoms with van der Waals surface area (Å²) in [5.41, 5.74) is -0.319. The van der Waals surface area contributed by atoms with Crippen LogP contribution in [0.15, 0.2) is 0 Å². The topological polar surface area (TPSA) is 58.6 Å². The largest absolute Gasteiger partial charge is 0.466 e. The summed E-state index contributed by atoms with van der Waals surface area (Å²) in [6.07, 6.45) is 6.60. The molecule has 2 fully saturated rings. The van der Waals surface area contributed by atoms with E-state index in [4.69, 9.17) is 4.74 Å². The minimum absolute atomic E-state index is 0.0202. The molecule has 1 atom stereocenters. The SMILES string of the molecule is CCOC(=O)C1CCC(O)(CNC2CCCC2(C)C)CC1. The van der Waals surface area contributed by atoms with Gasteiger partial charge in [-0.3, -0.25) is 4.79 Å². The molecule has 2 N–H and O–H groups in total. The van der Waals surface area contributed by atoms with Crippen molar-refractivity contribution in [2.75, 3.05) is 13.2 Å². The Balaban J connectivity index is 1.78. The molecule has 0 heterocycles. The molecule has 122 valence electrons. The molecule has 0 bridgehead atoms. The lowest BCUT2D eigenvalue weighted by Crippen LogP contribution is -2.49. The Morgan fingerprint density at radius 3 is 2.43 bits per heavy atom. The van der Waals surface area contributed by atoms with Crippen molar-refractivity contribution in [3.63, 3.8) is 0 Å². The molecule has 4 nitrogen and oxygen atoms in total. The average molecular weight is 297 g/mol. The van der Waals surface area contributed by atoms with Crippen LogP contribution < -0.4 is 5.32 Å². The first-order chi connectivity index (χ1) is 9.86. The summed E-state index contributed by atoms with van der Waals surface area (Å²) in [6.45, 7) is 7.54. The molecule has 0 aromatic carbocycles. The predicted octanol–water partition coefficient (Wildman–Crippen LogP) is 2.64. The number of carbonyl (C=O) groups is 1. The van der Waals surface area contributed by atoms with E-state index in [0.29, 0.717) is 37.5 Å². The Morgan fingerprint density at radius 2 is 1.90 bits per heavy atom. The van der Waals surface area contributed by atoms with Crippen LogP contribution in [0.25, 0.3) is 0 Å². The number of hydrogen-bond donors (Lipinski definition) is 2. The van der Waals surface area contributed by atoms with Crippen LogP contribution in [-0.4, -0.2) is 35.9 Å². The molecule has 0 saturated heterocycles. The molecule has 1 unspecified atom stereocenters. The van der Waals surface area contributed by atoms with E-state index in [1.807, 2.05) is 6.92 Å². The lowest BCUT2D eigenvalue weighted by molar-refractivity contribution is -0.151. The van der Waals surface area contributed by atoms with Gasteiger partial charge in [0.1, 0.15) is 0 Å². The van der Waals surface area contributed by atoms with Crippen molar-refractivity contribution >= 4 is 5.97 Å². The maximum absolute atomic E-state index is 11.7. The van der Waals surface area contributed by atoms with Crippen LogP contribution in [0.3, 0.4) is 0 Å². The zero-order valence-corrected chi connectivity index (χ0v) is 13.8. The minimum Gasteiger partial charge on any atom is -0.466 e. The van der Waals surface area contributed by atoms with E-state index in [0.717, 1.165) is 12.8 Å². The molecule has 0 radical (unpaired) electrons. The van der Waals surface area contributed by atoms with E-state index in [2.05, 4.69) is 19.2 Å². The van der Waals surface area contributed by atoms with Crippen molar-refractivity contribution in [3.05, 3.63) is 0 Å². The summed E-state index contributed by atoms with van der Waals surface area (Å²) in [7, 11) is 0. The van der Waals surface area contributed by atoms with Crippen LogP contribution in [0.4, 0.5) is 0 Å². The van der Waals surface area contributed by atoms with Crippen LogP contribution >= 0.6 is 0 Å². The van der Waals surface area contributed by atoms with Crippen LogP contribution in [0.2, 0.25) is 0 Å². The normalized spacial score (nSPS) is 35.6. The summed E-state index contributed by atoms with van der Waals surface area (Å²) < 4.78 is 5.08. The van der Waals surface area contributed by atoms with Crippen molar-refractivity contribution in [2.24, 2.45) is 11.3 Å². The Bertz CT molecular complexity index is 359. The fourth-order valence-corrected chi connectivity index (χ4v) is 3.85. The monoisotopic (exact) mass is 297 g/mol. The van der Waals surface area contributed by atoms with Crippen LogP contribution in [0.5, 0.6) is 0 Å². The summed E-state index contributed by atoms with van der Waals surface area (Å²) >= 11 is 0. The van der Waals surface area contributed by atoms with Crippen LogP contribution in [0.1, 0.15) is 65.7 Å². The minimum atomic E-state index is -0.651. The smallest absolute Gasteiger partial charge is 0.308 e. The quantitative estimate of drug-likeness (QED) is 0.766. The molecule has 0 spiro atoms. The molecule has 0 aromatic heterocycles. The fraction of sp³-hybridized carbons (Fsp3) is 0.941.